The van der Waals surface area contributed by atoms with E-state index in [1.807, 2.05) is 43.3 Å². The summed E-state index contributed by atoms with van der Waals surface area (Å²) < 4.78 is 5.28. The van der Waals surface area contributed by atoms with Crippen molar-refractivity contribution in [2.75, 3.05) is 12.5 Å². The van der Waals surface area contributed by atoms with Gasteiger partial charge in [-0.3, -0.25) is 0 Å². The average Bonchev–Trinajstić information content (AvgIpc) is 2.67. The molecule has 0 saturated carbocycles. The molecule has 0 aliphatic rings. The quantitative estimate of drug-likeness (QED) is 0.562. The molecule has 25 heavy (non-hydrogen) atoms. The number of nitrogens with zero attached hydrogens (tertiary/aromatic N) is 3. The van der Waals surface area contributed by atoms with Crippen LogP contribution in [0.1, 0.15) is 11.1 Å². The molecule has 0 saturated heterocycles. The zero-order chi connectivity index (χ0) is 17.8. The van der Waals surface area contributed by atoms with Crippen LogP contribution >= 0.6 is 0 Å². The summed E-state index contributed by atoms with van der Waals surface area (Å²) in [6, 6.07) is 17.3. The number of aromatic nitrogens is 2. The Morgan fingerprint density at radius 3 is 2.04 bits per heavy atom. The Hall–Kier alpha value is -3.43. The highest BCUT2D eigenvalue weighted by molar-refractivity contribution is 5.80. The van der Waals surface area contributed by atoms with Crippen molar-refractivity contribution in [3.8, 4) is 34.5 Å². The number of methoxy groups -OCH3 is 1. The highest BCUT2D eigenvalue weighted by atomic mass is 16.5. The predicted octanol–water partition coefficient (Wildman–Crippen LogP) is 3.28. The minimum absolute atomic E-state index is 0.303. The fraction of sp³-hybridized carbons (Fsp3) is 0.105. The van der Waals surface area contributed by atoms with Crippen LogP contribution in [0.15, 0.2) is 48.5 Å². The Bertz CT molecular complexity index is 928. The van der Waals surface area contributed by atoms with Gasteiger partial charge in [0.15, 0.2) is 0 Å². The lowest BCUT2D eigenvalue weighted by Gasteiger charge is -2.14. The van der Waals surface area contributed by atoms with E-state index in [0.29, 0.717) is 28.6 Å². The first kappa shape index (κ1) is 16.4. The van der Waals surface area contributed by atoms with E-state index in [9.17, 15) is 0 Å². The van der Waals surface area contributed by atoms with Crippen LogP contribution in [0.2, 0.25) is 0 Å². The maximum absolute atomic E-state index is 8.99. The topological polar surface area (TPSA) is 96.8 Å². The monoisotopic (exact) mass is 331 g/mol. The van der Waals surface area contributed by atoms with Crippen LogP contribution in [0.4, 0.5) is 5.82 Å². The van der Waals surface area contributed by atoms with Crippen LogP contribution in [0.3, 0.4) is 0 Å². The zero-order valence-corrected chi connectivity index (χ0v) is 13.9. The maximum Gasteiger partial charge on any atom is 0.259 e. The molecule has 0 amide bonds. The third-order valence-corrected chi connectivity index (χ3v) is 3.81. The number of rotatable bonds is 4. The Balaban J connectivity index is 2.23. The van der Waals surface area contributed by atoms with Crippen molar-refractivity contribution in [1.82, 2.24) is 9.97 Å². The molecule has 0 aliphatic heterocycles. The number of benzene rings is 2. The van der Waals surface area contributed by atoms with Crippen molar-refractivity contribution >= 4 is 5.82 Å². The van der Waals surface area contributed by atoms with Gasteiger partial charge in [0.2, 0.25) is 5.82 Å². The summed E-state index contributed by atoms with van der Waals surface area (Å²) in [5.74, 6) is 6.22. The normalized spacial score (nSPS) is 10.2. The number of nitriles is 1. The highest BCUT2D eigenvalue weighted by Gasteiger charge is 2.17. The summed E-state index contributed by atoms with van der Waals surface area (Å²) in [6.45, 7) is 2.03. The van der Waals surface area contributed by atoms with Gasteiger partial charge in [-0.2, -0.15) is 5.26 Å². The first-order chi connectivity index (χ1) is 12.2. The van der Waals surface area contributed by atoms with E-state index in [-0.39, 0.29) is 0 Å². The Morgan fingerprint density at radius 2 is 1.52 bits per heavy atom. The molecule has 3 aromatic rings. The summed E-state index contributed by atoms with van der Waals surface area (Å²) in [6.07, 6.45) is 0. The molecule has 0 spiro atoms. The first-order valence-corrected chi connectivity index (χ1v) is 7.66. The number of hydrogen-bond donors (Lipinski definition) is 2. The van der Waals surface area contributed by atoms with Crippen LogP contribution in [0.25, 0.3) is 22.5 Å². The molecule has 0 fully saturated rings. The van der Waals surface area contributed by atoms with Crippen molar-refractivity contribution in [3.05, 3.63) is 59.7 Å². The predicted molar refractivity (Wildman–Crippen MR) is 96.7 cm³/mol. The van der Waals surface area contributed by atoms with Gasteiger partial charge in [-0.05, 0) is 19.1 Å². The molecular formula is C19H17N5O. The third-order valence-electron chi connectivity index (χ3n) is 3.81. The first-order valence-electron chi connectivity index (χ1n) is 7.66. The lowest BCUT2D eigenvalue weighted by atomic mass is 10.0. The van der Waals surface area contributed by atoms with Gasteiger partial charge >= 0.3 is 0 Å². The van der Waals surface area contributed by atoms with Crippen LogP contribution < -0.4 is 16.0 Å². The Morgan fingerprint density at radius 1 is 0.960 bits per heavy atom. The molecule has 6 heteroatoms. The molecular weight excluding hydrogens is 314 g/mol. The molecule has 0 radical (unpaired) electrons. The summed E-state index contributed by atoms with van der Waals surface area (Å²) in [5, 5.41) is 8.99. The Labute approximate surface area is 145 Å². The Kier molecular flexibility index (Phi) is 4.59. The lowest BCUT2D eigenvalue weighted by Crippen LogP contribution is -2.12. The standard InChI is InChI=1S/C19H17N5O/c1-12-3-7-14(8-4-12)16-17(15-9-5-13(11-20)6-10-15)23-19(25-2)18(22-16)24-21/h3-10H,21H2,1-2H3,(H,22,24). The van der Waals surface area contributed by atoms with Gasteiger partial charge in [-0.15, -0.1) is 0 Å². The van der Waals surface area contributed by atoms with Gasteiger partial charge in [-0.1, -0.05) is 42.0 Å². The second kappa shape index (κ2) is 6.99. The molecule has 1 aromatic heterocycles. The average molecular weight is 331 g/mol. The van der Waals surface area contributed by atoms with Crippen molar-refractivity contribution in [2.45, 2.75) is 6.92 Å². The maximum atomic E-state index is 8.99. The van der Waals surface area contributed by atoms with Gasteiger partial charge in [0.05, 0.1) is 24.4 Å². The molecule has 0 unspecified atom stereocenters. The van der Waals surface area contributed by atoms with Crippen LogP contribution in [0, 0.1) is 18.3 Å². The fourth-order valence-corrected chi connectivity index (χ4v) is 2.47. The van der Waals surface area contributed by atoms with Crippen molar-refractivity contribution in [2.24, 2.45) is 5.84 Å². The van der Waals surface area contributed by atoms with Crippen LogP contribution in [-0.4, -0.2) is 17.1 Å². The number of aryl methyl sites for hydroxylation is 1. The summed E-state index contributed by atoms with van der Waals surface area (Å²) in [4.78, 5) is 9.17. The van der Waals surface area contributed by atoms with Gasteiger partial charge in [0.25, 0.3) is 5.88 Å². The summed E-state index contributed by atoms with van der Waals surface area (Å²) in [7, 11) is 1.51. The van der Waals surface area contributed by atoms with Crippen molar-refractivity contribution in [3.63, 3.8) is 0 Å². The summed E-state index contributed by atoms with van der Waals surface area (Å²) >= 11 is 0. The lowest BCUT2D eigenvalue weighted by molar-refractivity contribution is 0.398. The minimum atomic E-state index is 0.303. The van der Waals surface area contributed by atoms with E-state index in [1.54, 1.807) is 12.1 Å². The number of nitrogen functional groups attached to an aromatic ring is 1. The van der Waals surface area contributed by atoms with E-state index in [4.69, 9.17) is 15.8 Å². The van der Waals surface area contributed by atoms with Gasteiger partial charge < -0.3 is 10.2 Å². The van der Waals surface area contributed by atoms with Crippen molar-refractivity contribution < 1.29 is 4.74 Å². The number of anilines is 1. The van der Waals surface area contributed by atoms with Crippen LogP contribution in [-0.2, 0) is 0 Å². The minimum Gasteiger partial charge on any atom is -0.478 e. The second-order valence-electron chi connectivity index (χ2n) is 5.48. The molecule has 124 valence electrons. The summed E-state index contributed by atoms with van der Waals surface area (Å²) in [5.41, 5.74) is 7.35. The fourth-order valence-electron chi connectivity index (χ4n) is 2.47. The van der Waals surface area contributed by atoms with Crippen LogP contribution in [0.5, 0.6) is 5.88 Å². The van der Waals surface area contributed by atoms with Crippen molar-refractivity contribution in [1.29, 1.82) is 5.26 Å². The molecule has 3 N–H and O–H groups in total. The third kappa shape index (κ3) is 3.27. The zero-order valence-electron chi connectivity index (χ0n) is 13.9. The van der Waals surface area contributed by atoms with E-state index < -0.39 is 0 Å². The van der Waals surface area contributed by atoms with E-state index >= 15 is 0 Å². The van der Waals surface area contributed by atoms with E-state index in [0.717, 1.165) is 16.7 Å². The highest BCUT2D eigenvalue weighted by Crippen LogP contribution is 2.34. The number of nitrogens with one attached hydrogen (secondary N) is 1. The molecule has 0 bridgehead atoms. The molecule has 0 aliphatic carbocycles. The van der Waals surface area contributed by atoms with Gasteiger partial charge in [0.1, 0.15) is 5.69 Å². The smallest absolute Gasteiger partial charge is 0.259 e. The SMILES string of the molecule is COc1nc(-c2ccc(C#N)cc2)c(-c2ccc(C)cc2)nc1NN. The number of ether oxygens (including phenoxy) is 1. The van der Waals surface area contributed by atoms with E-state index in [1.165, 1.54) is 7.11 Å². The number of nitrogens with two attached hydrogens (primary N) is 1. The largest absolute Gasteiger partial charge is 0.478 e. The molecule has 1 heterocycles. The molecule has 3 rings (SSSR count). The van der Waals surface area contributed by atoms with Gasteiger partial charge in [0, 0.05) is 11.1 Å². The van der Waals surface area contributed by atoms with Gasteiger partial charge in [-0.25, -0.2) is 15.8 Å². The molecule has 6 nitrogen and oxygen atoms in total. The molecule has 0 atom stereocenters. The molecule has 2 aromatic carbocycles. The number of hydrazine groups is 1. The second-order valence-corrected chi connectivity index (χ2v) is 5.48. The van der Waals surface area contributed by atoms with E-state index in [2.05, 4.69) is 21.5 Å². The number of hydrogen-bond acceptors (Lipinski definition) is 6.